The minimum atomic E-state index is -0.0988. The van der Waals surface area contributed by atoms with Gasteiger partial charge in [-0.1, -0.05) is 24.3 Å². The van der Waals surface area contributed by atoms with Gasteiger partial charge in [0.05, 0.1) is 5.56 Å². The van der Waals surface area contributed by atoms with E-state index < -0.39 is 0 Å². The number of nitrogens with one attached hydrogen (secondary N) is 1. The van der Waals surface area contributed by atoms with E-state index in [1.807, 2.05) is 45.0 Å². The molecule has 20 heavy (non-hydrogen) atoms. The van der Waals surface area contributed by atoms with Crippen molar-refractivity contribution in [2.24, 2.45) is 0 Å². The lowest BCUT2D eigenvalue weighted by atomic mass is 10.1. The minimum Gasteiger partial charge on any atom is -0.466 e. The van der Waals surface area contributed by atoms with Gasteiger partial charge in [-0.25, -0.2) is 0 Å². The number of aryl methyl sites for hydroxylation is 2. The van der Waals surface area contributed by atoms with Crippen LogP contribution < -0.4 is 5.32 Å². The summed E-state index contributed by atoms with van der Waals surface area (Å²) in [6.45, 7) is 6.06. The molecule has 0 unspecified atom stereocenters. The normalized spacial score (nSPS) is 10.6. The lowest BCUT2D eigenvalue weighted by molar-refractivity contribution is 0.0949. The average molecular weight is 292 g/mol. The molecule has 2 rings (SSSR count). The van der Waals surface area contributed by atoms with Crippen molar-refractivity contribution in [3.63, 3.8) is 0 Å². The summed E-state index contributed by atoms with van der Waals surface area (Å²) in [6, 6.07) is 7.87. The van der Waals surface area contributed by atoms with Crippen LogP contribution >= 0.6 is 11.6 Å². The number of carbonyl (C=O) groups excluding carboxylic acids is 1. The van der Waals surface area contributed by atoms with E-state index in [2.05, 4.69) is 5.32 Å². The van der Waals surface area contributed by atoms with Crippen molar-refractivity contribution in [2.75, 3.05) is 0 Å². The number of halogens is 1. The minimum absolute atomic E-state index is 0.0988. The maximum Gasteiger partial charge on any atom is 0.255 e. The summed E-state index contributed by atoms with van der Waals surface area (Å²) in [7, 11) is 0. The maximum atomic E-state index is 12.2. The maximum absolute atomic E-state index is 12.2. The van der Waals surface area contributed by atoms with Gasteiger partial charge in [0.15, 0.2) is 0 Å². The number of carbonyl (C=O) groups is 1. The third-order valence-corrected chi connectivity index (χ3v) is 3.73. The van der Waals surface area contributed by atoms with E-state index in [1.54, 1.807) is 0 Å². The molecule has 106 valence electrons. The highest BCUT2D eigenvalue weighted by Gasteiger charge is 2.17. The molecule has 1 aromatic heterocycles. The Hall–Kier alpha value is -1.74. The zero-order valence-electron chi connectivity index (χ0n) is 11.9. The van der Waals surface area contributed by atoms with Crippen LogP contribution in [0.1, 0.15) is 38.6 Å². The molecule has 0 radical (unpaired) electrons. The third kappa shape index (κ3) is 3.05. The van der Waals surface area contributed by atoms with Crippen LogP contribution in [0, 0.1) is 20.8 Å². The van der Waals surface area contributed by atoms with E-state index >= 15 is 0 Å². The van der Waals surface area contributed by atoms with Crippen molar-refractivity contribution >= 4 is 17.5 Å². The molecule has 1 N–H and O–H groups in total. The van der Waals surface area contributed by atoms with Gasteiger partial charge in [0.2, 0.25) is 0 Å². The topological polar surface area (TPSA) is 42.2 Å². The fourth-order valence-corrected chi connectivity index (χ4v) is 2.32. The second-order valence-electron chi connectivity index (χ2n) is 4.85. The predicted octanol–water partition coefficient (Wildman–Crippen LogP) is 3.87. The van der Waals surface area contributed by atoms with Gasteiger partial charge in [-0.2, -0.15) is 0 Å². The van der Waals surface area contributed by atoms with E-state index in [0.29, 0.717) is 23.7 Å². The Morgan fingerprint density at radius 3 is 2.20 bits per heavy atom. The van der Waals surface area contributed by atoms with Gasteiger partial charge in [0.25, 0.3) is 5.91 Å². The molecule has 0 atom stereocenters. The highest BCUT2D eigenvalue weighted by Crippen LogP contribution is 2.20. The first-order chi connectivity index (χ1) is 9.52. The summed E-state index contributed by atoms with van der Waals surface area (Å²) in [4.78, 5) is 12.2. The molecular formula is C16H18ClNO2. The predicted molar refractivity (Wildman–Crippen MR) is 80.1 cm³/mol. The number of alkyl halides is 1. The molecule has 1 amide bonds. The van der Waals surface area contributed by atoms with Crippen molar-refractivity contribution in [1.82, 2.24) is 5.32 Å². The molecule has 0 aliphatic carbocycles. The lowest BCUT2D eigenvalue weighted by Gasteiger charge is -2.06. The molecule has 1 heterocycles. The van der Waals surface area contributed by atoms with Crippen LogP contribution in [0.3, 0.4) is 0 Å². The summed E-state index contributed by atoms with van der Waals surface area (Å²) in [5, 5.41) is 2.92. The first-order valence-electron chi connectivity index (χ1n) is 6.51. The number of amides is 1. The van der Waals surface area contributed by atoms with Crippen LogP contribution in [0.5, 0.6) is 0 Å². The van der Waals surface area contributed by atoms with Crippen LogP contribution in [0.4, 0.5) is 0 Å². The second-order valence-corrected chi connectivity index (χ2v) is 5.11. The van der Waals surface area contributed by atoms with Crippen molar-refractivity contribution < 1.29 is 9.21 Å². The first kappa shape index (κ1) is 14.7. The van der Waals surface area contributed by atoms with Crippen molar-refractivity contribution in [1.29, 1.82) is 0 Å². The molecule has 0 saturated heterocycles. The van der Waals surface area contributed by atoms with Crippen molar-refractivity contribution in [3.8, 4) is 0 Å². The van der Waals surface area contributed by atoms with Gasteiger partial charge in [0.1, 0.15) is 11.5 Å². The molecule has 0 saturated carbocycles. The van der Waals surface area contributed by atoms with Gasteiger partial charge in [-0.3, -0.25) is 4.79 Å². The van der Waals surface area contributed by atoms with Gasteiger partial charge in [0, 0.05) is 18.0 Å². The number of hydrogen-bond donors (Lipinski definition) is 1. The molecule has 4 heteroatoms. The van der Waals surface area contributed by atoms with Crippen LogP contribution in [0.25, 0.3) is 0 Å². The number of benzene rings is 1. The summed E-state index contributed by atoms with van der Waals surface area (Å²) < 4.78 is 5.47. The van der Waals surface area contributed by atoms with Gasteiger partial charge < -0.3 is 9.73 Å². The van der Waals surface area contributed by atoms with Crippen LogP contribution in [0.2, 0.25) is 0 Å². The molecule has 0 aliphatic rings. The fourth-order valence-electron chi connectivity index (χ4n) is 2.14. The quantitative estimate of drug-likeness (QED) is 0.869. The fraction of sp³-hybridized carbons (Fsp3) is 0.312. The molecule has 3 nitrogen and oxygen atoms in total. The van der Waals surface area contributed by atoms with Gasteiger partial charge in [-0.15, -0.1) is 11.6 Å². The molecule has 0 aliphatic heterocycles. The summed E-state index contributed by atoms with van der Waals surface area (Å²) in [5.74, 6) is 1.85. The van der Waals surface area contributed by atoms with Crippen LogP contribution in [-0.2, 0) is 12.4 Å². The molecule has 1 aromatic carbocycles. The Kier molecular flexibility index (Phi) is 4.50. The van der Waals surface area contributed by atoms with E-state index in [1.165, 1.54) is 0 Å². The largest absolute Gasteiger partial charge is 0.466 e. The smallest absolute Gasteiger partial charge is 0.255 e. The zero-order valence-corrected chi connectivity index (χ0v) is 12.7. The average Bonchev–Trinajstić information content (AvgIpc) is 2.70. The van der Waals surface area contributed by atoms with Crippen molar-refractivity contribution in [2.45, 2.75) is 33.2 Å². The SMILES string of the molecule is Cc1oc(C)c(C(=O)NCc2ccc(CCl)cc2)c1C. The second kappa shape index (κ2) is 6.14. The molecule has 0 spiro atoms. The van der Waals surface area contributed by atoms with E-state index in [9.17, 15) is 4.79 Å². The molecule has 0 bridgehead atoms. The van der Waals surface area contributed by atoms with Crippen LogP contribution in [0.15, 0.2) is 28.7 Å². The number of hydrogen-bond acceptors (Lipinski definition) is 2. The Morgan fingerprint density at radius 2 is 1.70 bits per heavy atom. The summed E-state index contributed by atoms with van der Waals surface area (Å²) in [6.07, 6.45) is 0. The van der Waals surface area contributed by atoms with Gasteiger partial charge in [-0.05, 0) is 31.9 Å². The van der Waals surface area contributed by atoms with E-state index in [0.717, 1.165) is 22.5 Å². The Labute approximate surface area is 123 Å². The highest BCUT2D eigenvalue weighted by atomic mass is 35.5. The van der Waals surface area contributed by atoms with Crippen molar-refractivity contribution in [3.05, 3.63) is 58.0 Å². The summed E-state index contributed by atoms with van der Waals surface area (Å²) >= 11 is 5.74. The first-order valence-corrected chi connectivity index (χ1v) is 7.05. The van der Waals surface area contributed by atoms with E-state index in [-0.39, 0.29) is 5.91 Å². The lowest BCUT2D eigenvalue weighted by Crippen LogP contribution is -2.23. The Balaban J connectivity index is 2.04. The molecular weight excluding hydrogens is 274 g/mol. The highest BCUT2D eigenvalue weighted by molar-refractivity contribution is 6.17. The molecule has 0 fully saturated rings. The Bertz CT molecular complexity index is 614. The zero-order chi connectivity index (χ0) is 14.7. The standard InChI is InChI=1S/C16H18ClNO2/c1-10-11(2)20-12(3)15(10)16(19)18-9-14-6-4-13(8-17)5-7-14/h4-7H,8-9H2,1-3H3,(H,18,19). The van der Waals surface area contributed by atoms with Crippen LogP contribution in [-0.4, -0.2) is 5.91 Å². The summed E-state index contributed by atoms with van der Waals surface area (Å²) in [5.41, 5.74) is 3.65. The van der Waals surface area contributed by atoms with Gasteiger partial charge >= 0.3 is 0 Å². The number of rotatable bonds is 4. The third-order valence-electron chi connectivity index (χ3n) is 3.42. The van der Waals surface area contributed by atoms with E-state index in [4.69, 9.17) is 16.0 Å². The number of furan rings is 1. The molecule has 2 aromatic rings. The Morgan fingerprint density at radius 1 is 1.10 bits per heavy atom. The monoisotopic (exact) mass is 291 g/mol.